The number of nitrogens with one attached hydrogen (secondary N) is 1. The maximum atomic E-state index is 12.0. The van der Waals surface area contributed by atoms with Gasteiger partial charge in [0.05, 0.1) is 0 Å². The molecule has 0 radical (unpaired) electrons. The third-order valence-electron chi connectivity index (χ3n) is 3.52. The van der Waals surface area contributed by atoms with E-state index in [-0.39, 0.29) is 12.5 Å². The lowest BCUT2D eigenvalue weighted by molar-refractivity contribution is -0.136. The van der Waals surface area contributed by atoms with E-state index >= 15 is 0 Å². The normalized spacial score (nSPS) is 24.2. The minimum Gasteiger partial charge on any atom is -0.319 e. The van der Waals surface area contributed by atoms with Gasteiger partial charge in [0, 0.05) is 19.0 Å². The van der Waals surface area contributed by atoms with E-state index in [1.807, 2.05) is 14.0 Å². The molecule has 17 heavy (non-hydrogen) atoms. The fourth-order valence-electron chi connectivity index (χ4n) is 2.50. The van der Waals surface area contributed by atoms with Gasteiger partial charge in [-0.05, 0) is 52.2 Å². The Labute approximate surface area is 102 Å². The number of nitrogens with zero attached hydrogens (tertiary/aromatic N) is 1. The smallest absolute Gasteiger partial charge is 0.319 e. The summed E-state index contributed by atoms with van der Waals surface area (Å²) in [7, 11) is 1.94. The molecule has 0 aliphatic carbocycles. The summed E-state index contributed by atoms with van der Waals surface area (Å²) in [6, 6.07) is 0.277. The lowest BCUT2D eigenvalue weighted by Crippen LogP contribution is -2.32. The van der Waals surface area contributed by atoms with Crippen molar-refractivity contribution >= 4 is 0 Å². The highest BCUT2D eigenvalue weighted by Crippen LogP contribution is 2.25. The first kappa shape index (κ1) is 14.8. The van der Waals surface area contributed by atoms with Crippen LogP contribution in [-0.2, 0) is 0 Å². The average Bonchev–Trinajstić information content (AvgIpc) is 2.65. The third kappa shape index (κ3) is 5.73. The molecule has 1 N–H and O–H groups in total. The molecule has 1 fully saturated rings. The second-order valence-corrected chi connectivity index (χ2v) is 5.06. The molecule has 0 aromatic heterocycles. The Morgan fingerprint density at radius 2 is 2.12 bits per heavy atom. The average molecular weight is 252 g/mol. The van der Waals surface area contributed by atoms with Gasteiger partial charge in [-0.25, -0.2) is 0 Å². The van der Waals surface area contributed by atoms with Crippen LogP contribution in [0.2, 0.25) is 0 Å². The Morgan fingerprint density at radius 3 is 2.71 bits per heavy atom. The third-order valence-corrected chi connectivity index (χ3v) is 3.52. The predicted molar refractivity (Wildman–Crippen MR) is 63.0 cm³/mol. The molecule has 1 saturated heterocycles. The first-order valence-electron chi connectivity index (χ1n) is 6.38. The predicted octanol–water partition coefficient (Wildman–Crippen LogP) is 2.65. The van der Waals surface area contributed by atoms with E-state index in [0.29, 0.717) is 12.3 Å². The molecule has 102 valence electrons. The molecule has 0 bridgehead atoms. The second-order valence-electron chi connectivity index (χ2n) is 5.06. The van der Waals surface area contributed by atoms with Crippen molar-refractivity contribution in [1.29, 1.82) is 0 Å². The van der Waals surface area contributed by atoms with Gasteiger partial charge in [0.15, 0.2) is 0 Å². The van der Waals surface area contributed by atoms with Crippen LogP contribution in [-0.4, -0.2) is 43.8 Å². The molecule has 1 aliphatic heterocycles. The Bertz CT molecular complexity index is 218. The zero-order valence-electron chi connectivity index (χ0n) is 10.7. The van der Waals surface area contributed by atoms with Crippen molar-refractivity contribution in [2.24, 2.45) is 5.92 Å². The van der Waals surface area contributed by atoms with E-state index in [9.17, 15) is 13.2 Å². The molecule has 1 aliphatic rings. The van der Waals surface area contributed by atoms with Crippen molar-refractivity contribution in [3.05, 3.63) is 0 Å². The highest BCUT2D eigenvalue weighted by Gasteiger charge is 2.28. The topological polar surface area (TPSA) is 15.3 Å². The Hall–Kier alpha value is -0.290. The number of hydrogen-bond acceptors (Lipinski definition) is 2. The van der Waals surface area contributed by atoms with E-state index in [1.54, 1.807) is 0 Å². The number of alkyl halides is 3. The molecule has 5 heteroatoms. The van der Waals surface area contributed by atoms with E-state index in [0.717, 1.165) is 26.1 Å². The zero-order chi connectivity index (χ0) is 12.9. The molecule has 0 aromatic rings. The van der Waals surface area contributed by atoms with Gasteiger partial charge >= 0.3 is 6.18 Å². The van der Waals surface area contributed by atoms with Gasteiger partial charge in [-0.1, -0.05) is 0 Å². The van der Waals surface area contributed by atoms with Gasteiger partial charge < -0.3 is 10.2 Å². The second kappa shape index (κ2) is 6.59. The lowest BCUT2D eigenvalue weighted by atomic mass is 10.1. The lowest BCUT2D eigenvalue weighted by Gasteiger charge is -2.24. The Kier molecular flexibility index (Phi) is 5.73. The van der Waals surface area contributed by atoms with Gasteiger partial charge in [0.25, 0.3) is 0 Å². The summed E-state index contributed by atoms with van der Waals surface area (Å²) in [6.07, 6.45) is -2.60. The Morgan fingerprint density at radius 1 is 1.41 bits per heavy atom. The SMILES string of the molecule is CNCC1CCN(C(C)CCCC(F)(F)F)C1. The van der Waals surface area contributed by atoms with Crippen LogP contribution in [0.5, 0.6) is 0 Å². The summed E-state index contributed by atoms with van der Waals surface area (Å²) in [6.45, 7) is 5.09. The van der Waals surface area contributed by atoms with Crippen LogP contribution in [0.25, 0.3) is 0 Å². The van der Waals surface area contributed by atoms with Crippen LogP contribution in [0.1, 0.15) is 32.6 Å². The molecule has 2 nitrogen and oxygen atoms in total. The van der Waals surface area contributed by atoms with Crippen LogP contribution >= 0.6 is 0 Å². The van der Waals surface area contributed by atoms with Crippen molar-refractivity contribution in [1.82, 2.24) is 10.2 Å². The van der Waals surface area contributed by atoms with E-state index < -0.39 is 12.6 Å². The standard InChI is InChI=1S/C12H23F3N2/c1-10(4-3-6-12(13,14)15)17-7-5-11(9-17)8-16-2/h10-11,16H,3-9H2,1-2H3. The number of halogens is 3. The van der Waals surface area contributed by atoms with Gasteiger partial charge in [0.2, 0.25) is 0 Å². The maximum Gasteiger partial charge on any atom is 0.389 e. The van der Waals surface area contributed by atoms with Gasteiger partial charge in [-0.3, -0.25) is 0 Å². The van der Waals surface area contributed by atoms with Gasteiger partial charge in [-0.2, -0.15) is 13.2 Å². The number of likely N-dealkylation sites (tertiary alicyclic amines) is 1. The highest BCUT2D eigenvalue weighted by molar-refractivity contribution is 4.80. The van der Waals surface area contributed by atoms with E-state index in [1.165, 1.54) is 0 Å². The minimum absolute atomic E-state index is 0.248. The van der Waals surface area contributed by atoms with Gasteiger partial charge in [0.1, 0.15) is 0 Å². The molecule has 0 amide bonds. The van der Waals surface area contributed by atoms with Crippen molar-refractivity contribution < 1.29 is 13.2 Å². The highest BCUT2D eigenvalue weighted by atomic mass is 19.4. The summed E-state index contributed by atoms with van der Waals surface area (Å²) in [5.74, 6) is 0.657. The number of rotatable bonds is 6. The molecule has 1 rings (SSSR count). The van der Waals surface area contributed by atoms with Crippen molar-refractivity contribution in [2.45, 2.75) is 44.8 Å². The fraction of sp³-hybridized carbons (Fsp3) is 1.00. The van der Waals surface area contributed by atoms with Crippen LogP contribution in [0.15, 0.2) is 0 Å². The largest absolute Gasteiger partial charge is 0.389 e. The van der Waals surface area contributed by atoms with Gasteiger partial charge in [-0.15, -0.1) is 0 Å². The molecule has 0 aromatic carbocycles. The summed E-state index contributed by atoms with van der Waals surface area (Å²) < 4.78 is 36.1. The van der Waals surface area contributed by atoms with Crippen LogP contribution in [0.3, 0.4) is 0 Å². The molecular formula is C12H23F3N2. The molecule has 0 saturated carbocycles. The summed E-state index contributed by atoms with van der Waals surface area (Å²) in [4.78, 5) is 2.32. The van der Waals surface area contributed by atoms with Crippen LogP contribution in [0, 0.1) is 5.92 Å². The van der Waals surface area contributed by atoms with Crippen molar-refractivity contribution in [3.8, 4) is 0 Å². The first-order chi connectivity index (χ1) is 7.92. The monoisotopic (exact) mass is 252 g/mol. The van der Waals surface area contributed by atoms with Crippen LogP contribution in [0.4, 0.5) is 13.2 Å². The van der Waals surface area contributed by atoms with E-state index in [4.69, 9.17) is 0 Å². The number of hydrogen-bond donors (Lipinski definition) is 1. The van der Waals surface area contributed by atoms with Crippen molar-refractivity contribution in [3.63, 3.8) is 0 Å². The molecule has 2 unspecified atom stereocenters. The maximum absolute atomic E-state index is 12.0. The summed E-state index contributed by atoms with van der Waals surface area (Å²) in [5.41, 5.74) is 0. The van der Waals surface area contributed by atoms with Crippen molar-refractivity contribution in [2.75, 3.05) is 26.7 Å². The molecule has 0 spiro atoms. The quantitative estimate of drug-likeness (QED) is 0.782. The fourth-order valence-corrected chi connectivity index (χ4v) is 2.50. The molecular weight excluding hydrogens is 229 g/mol. The first-order valence-corrected chi connectivity index (χ1v) is 6.38. The Balaban J connectivity index is 2.18. The summed E-state index contributed by atoms with van der Waals surface area (Å²) in [5, 5.41) is 3.16. The zero-order valence-corrected chi connectivity index (χ0v) is 10.7. The van der Waals surface area contributed by atoms with Crippen LogP contribution < -0.4 is 5.32 Å². The molecule has 1 heterocycles. The molecule has 2 atom stereocenters. The summed E-state index contributed by atoms with van der Waals surface area (Å²) >= 11 is 0. The minimum atomic E-state index is -4.00. The van der Waals surface area contributed by atoms with E-state index in [2.05, 4.69) is 10.2 Å².